The Morgan fingerprint density at radius 1 is 1.26 bits per heavy atom. The average molecular weight is 318 g/mol. The highest BCUT2D eigenvalue weighted by molar-refractivity contribution is 5.82. The lowest BCUT2D eigenvalue weighted by Gasteiger charge is -2.36. The highest BCUT2D eigenvalue weighted by Crippen LogP contribution is 2.23. The lowest BCUT2D eigenvalue weighted by molar-refractivity contribution is -0.136. The number of piperidine rings is 1. The van der Waals surface area contributed by atoms with Crippen LogP contribution in [0, 0.1) is 5.41 Å². The molecule has 0 saturated carbocycles. The average Bonchev–Trinajstić information content (AvgIpc) is 2.54. The quantitative estimate of drug-likeness (QED) is 0.864. The van der Waals surface area contributed by atoms with E-state index in [1.165, 1.54) is 0 Å². The number of aldehydes is 1. The fourth-order valence-corrected chi connectivity index (χ4v) is 2.58. The molecular formula is C18H26N2O3. The predicted molar refractivity (Wildman–Crippen MR) is 89.5 cm³/mol. The van der Waals surface area contributed by atoms with Gasteiger partial charge in [-0.05, 0) is 29.7 Å². The third-order valence-electron chi connectivity index (χ3n) is 4.27. The summed E-state index contributed by atoms with van der Waals surface area (Å²) in [4.78, 5) is 24.9. The zero-order valence-electron chi connectivity index (χ0n) is 14.1. The molecule has 1 atom stereocenters. The van der Waals surface area contributed by atoms with Gasteiger partial charge in [-0.3, -0.25) is 9.59 Å². The lowest BCUT2D eigenvalue weighted by Crippen LogP contribution is -2.53. The first-order valence-electron chi connectivity index (χ1n) is 8.07. The van der Waals surface area contributed by atoms with Gasteiger partial charge in [0.1, 0.15) is 18.1 Å². The molecule has 1 amide bonds. The van der Waals surface area contributed by atoms with E-state index in [9.17, 15) is 9.59 Å². The van der Waals surface area contributed by atoms with E-state index in [4.69, 9.17) is 10.5 Å². The van der Waals surface area contributed by atoms with Crippen LogP contribution in [0.3, 0.4) is 0 Å². The van der Waals surface area contributed by atoms with Gasteiger partial charge in [0.25, 0.3) is 0 Å². The van der Waals surface area contributed by atoms with Gasteiger partial charge in [-0.2, -0.15) is 0 Å². The molecule has 5 heteroatoms. The van der Waals surface area contributed by atoms with Gasteiger partial charge in [0.2, 0.25) is 5.91 Å². The summed E-state index contributed by atoms with van der Waals surface area (Å²) in [5, 5.41) is 0. The Balaban J connectivity index is 1.86. The van der Waals surface area contributed by atoms with E-state index >= 15 is 0 Å². The normalized spacial score (nSPS) is 17.7. The monoisotopic (exact) mass is 318 g/mol. The molecule has 0 aromatic heterocycles. The van der Waals surface area contributed by atoms with Crippen LogP contribution in [0.15, 0.2) is 24.3 Å². The zero-order valence-corrected chi connectivity index (χ0v) is 14.1. The van der Waals surface area contributed by atoms with Gasteiger partial charge in [0, 0.05) is 31.5 Å². The number of hydrogen-bond acceptors (Lipinski definition) is 4. The van der Waals surface area contributed by atoms with Crippen molar-refractivity contribution in [2.45, 2.75) is 45.8 Å². The van der Waals surface area contributed by atoms with E-state index in [1.54, 1.807) is 24.3 Å². The molecule has 1 aromatic rings. The van der Waals surface area contributed by atoms with Crippen LogP contribution in [0.25, 0.3) is 0 Å². The minimum absolute atomic E-state index is 0.0197. The van der Waals surface area contributed by atoms with Crippen LogP contribution in [0.5, 0.6) is 5.75 Å². The molecule has 126 valence electrons. The lowest BCUT2D eigenvalue weighted by atomic mass is 9.86. The number of ether oxygens (including phenoxy) is 1. The highest BCUT2D eigenvalue weighted by atomic mass is 16.5. The van der Waals surface area contributed by atoms with Crippen molar-refractivity contribution in [1.82, 2.24) is 4.90 Å². The van der Waals surface area contributed by atoms with E-state index in [-0.39, 0.29) is 17.4 Å². The van der Waals surface area contributed by atoms with Crippen molar-refractivity contribution < 1.29 is 14.3 Å². The van der Waals surface area contributed by atoms with Gasteiger partial charge in [-0.25, -0.2) is 0 Å². The summed E-state index contributed by atoms with van der Waals surface area (Å²) in [6, 6.07) is 6.61. The number of benzene rings is 1. The van der Waals surface area contributed by atoms with Crippen molar-refractivity contribution in [3.63, 3.8) is 0 Å². The maximum Gasteiger partial charge on any atom is 0.240 e. The Hall–Kier alpha value is -1.88. The second-order valence-corrected chi connectivity index (χ2v) is 7.17. The second-order valence-electron chi connectivity index (χ2n) is 7.17. The summed E-state index contributed by atoms with van der Waals surface area (Å²) in [5.41, 5.74) is 6.46. The summed E-state index contributed by atoms with van der Waals surface area (Å²) in [6.07, 6.45) is 2.48. The molecule has 1 fully saturated rings. The molecule has 1 aliphatic rings. The molecule has 2 N–H and O–H groups in total. The number of rotatable bonds is 4. The summed E-state index contributed by atoms with van der Waals surface area (Å²) >= 11 is 0. The van der Waals surface area contributed by atoms with Crippen LogP contribution < -0.4 is 10.5 Å². The smallest absolute Gasteiger partial charge is 0.240 e. The van der Waals surface area contributed by atoms with Crippen LogP contribution in [0.4, 0.5) is 0 Å². The zero-order chi connectivity index (χ0) is 17.0. The fraction of sp³-hybridized carbons (Fsp3) is 0.556. The number of hydrogen-bond donors (Lipinski definition) is 1. The van der Waals surface area contributed by atoms with Crippen LogP contribution in [-0.4, -0.2) is 42.3 Å². The molecule has 2 rings (SSSR count). The molecule has 1 saturated heterocycles. The number of carbonyl (C=O) groups is 2. The van der Waals surface area contributed by atoms with E-state index in [1.807, 2.05) is 25.7 Å². The summed E-state index contributed by atoms with van der Waals surface area (Å²) in [7, 11) is 0. The maximum atomic E-state index is 12.4. The first-order valence-corrected chi connectivity index (χ1v) is 8.07. The van der Waals surface area contributed by atoms with Gasteiger partial charge in [-0.1, -0.05) is 20.8 Å². The molecular weight excluding hydrogens is 292 g/mol. The van der Waals surface area contributed by atoms with Crippen molar-refractivity contribution in [3.05, 3.63) is 29.8 Å². The minimum atomic E-state index is -0.476. The molecule has 1 unspecified atom stereocenters. The van der Waals surface area contributed by atoms with E-state index in [2.05, 4.69) is 0 Å². The highest BCUT2D eigenvalue weighted by Gasteiger charge is 2.33. The number of likely N-dealkylation sites (tertiary alicyclic amines) is 1. The molecule has 1 aliphatic heterocycles. The Morgan fingerprint density at radius 3 is 2.30 bits per heavy atom. The number of amides is 1. The van der Waals surface area contributed by atoms with E-state index < -0.39 is 6.04 Å². The maximum absolute atomic E-state index is 12.4. The number of nitrogens with two attached hydrogens (primary N) is 1. The Labute approximate surface area is 137 Å². The topological polar surface area (TPSA) is 72.6 Å². The summed E-state index contributed by atoms with van der Waals surface area (Å²) in [5.74, 6) is 0.776. The van der Waals surface area contributed by atoms with Gasteiger partial charge in [0.15, 0.2) is 0 Å². The Bertz CT molecular complexity index is 540. The molecule has 23 heavy (non-hydrogen) atoms. The molecule has 0 spiro atoms. The van der Waals surface area contributed by atoms with E-state index in [0.717, 1.165) is 24.9 Å². The number of nitrogens with zero attached hydrogens (tertiary/aromatic N) is 1. The first-order chi connectivity index (χ1) is 10.8. The largest absolute Gasteiger partial charge is 0.490 e. The standard InChI is InChI=1S/C18H26N2O3/c1-18(2,3)16(19)17(22)20-10-8-15(9-11-20)23-14-6-4-13(12-21)5-7-14/h4-7,12,15-16H,8-11,19H2,1-3H3. The van der Waals surface area contributed by atoms with Crippen LogP contribution in [0.2, 0.25) is 0 Å². The number of carbonyl (C=O) groups excluding carboxylic acids is 2. The molecule has 0 bridgehead atoms. The van der Waals surface area contributed by atoms with Gasteiger partial charge in [0.05, 0.1) is 6.04 Å². The summed E-state index contributed by atoms with van der Waals surface area (Å²) in [6.45, 7) is 7.27. The van der Waals surface area contributed by atoms with Crippen LogP contribution in [-0.2, 0) is 4.79 Å². The Kier molecular flexibility index (Phi) is 5.42. The second kappa shape index (κ2) is 7.13. The van der Waals surface area contributed by atoms with Gasteiger partial charge < -0.3 is 15.4 Å². The van der Waals surface area contributed by atoms with Crippen LogP contribution >= 0.6 is 0 Å². The third-order valence-corrected chi connectivity index (χ3v) is 4.27. The molecule has 0 aliphatic carbocycles. The molecule has 5 nitrogen and oxygen atoms in total. The minimum Gasteiger partial charge on any atom is -0.490 e. The molecule has 0 radical (unpaired) electrons. The van der Waals surface area contributed by atoms with Crippen molar-refractivity contribution in [2.75, 3.05) is 13.1 Å². The fourth-order valence-electron chi connectivity index (χ4n) is 2.58. The third kappa shape index (κ3) is 4.55. The molecule has 1 aromatic carbocycles. The van der Waals surface area contributed by atoms with Gasteiger partial charge >= 0.3 is 0 Å². The Morgan fingerprint density at radius 2 is 1.83 bits per heavy atom. The van der Waals surface area contributed by atoms with E-state index in [0.29, 0.717) is 18.7 Å². The van der Waals surface area contributed by atoms with Crippen molar-refractivity contribution in [2.24, 2.45) is 11.1 Å². The van der Waals surface area contributed by atoms with Crippen molar-refractivity contribution in [1.29, 1.82) is 0 Å². The predicted octanol–water partition coefficient (Wildman–Crippen LogP) is 2.24. The van der Waals surface area contributed by atoms with Crippen molar-refractivity contribution in [3.8, 4) is 5.75 Å². The summed E-state index contributed by atoms with van der Waals surface area (Å²) < 4.78 is 5.93. The SMILES string of the molecule is CC(C)(C)C(N)C(=O)N1CCC(Oc2ccc(C=O)cc2)CC1. The van der Waals surface area contributed by atoms with Crippen LogP contribution in [0.1, 0.15) is 44.0 Å². The van der Waals surface area contributed by atoms with Gasteiger partial charge in [-0.15, -0.1) is 0 Å². The first kappa shape index (κ1) is 17.5. The van der Waals surface area contributed by atoms with Crippen molar-refractivity contribution >= 4 is 12.2 Å². The molecule has 1 heterocycles.